The molecule has 1 aromatic heterocycles. The number of ether oxygens (including phenoxy) is 1. The molecule has 4 rings (SSSR count). The third-order valence-corrected chi connectivity index (χ3v) is 6.33. The van der Waals surface area contributed by atoms with E-state index in [0.29, 0.717) is 37.2 Å². The van der Waals surface area contributed by atoms with E-state index < -0.39 is 5.97 Å². The maximum atomic E-state index is 12.4. The van der Waals surface area contributed by atoms with Crippen LogP contribution in [0.15, 0.2) is 48.7 Å². The molecule has 1 aromatic carbocycles. The van der Waals surface area contributed by atoms with Gasteiger partial charge in [0, 0.05) is 44.0 Å². The van der Waals surface area contributed by atoms with E-state index in [0.717, 1.165) is 31.5 Å². The Bertz CT molecular complexity index is 1060. The number of nitrogens with one attached hydrogen (secondary N) is 1. The van der Waals surface area contributed by atoms with Gasteiger partial charge in [-0.1, -0.05) is 30.3 Å². The highest BCUT2D eigenvalue weighted by atomic mass is 16.5. The third-order valence-electron chi connectivity index (χ3n) is 6.33. The van der Waals surface area contributed by atoms with Crippen molar-refractivity contribution in [2.75, 3.05) is 32.8 Å². The molecule has 0 saturated carbocycles. The number of Topliss-reactive ketones (excluding diaryl/α,β-unsaturated/α-hetero) is 1. The number of aromatic nitrogens is 1. The van der Waals surface area contributed by atoms with Crippen LogP contribution in [-0.2, 0) is 14.3 Å². The van der Waals surface area contributed by atoms with E-state index in [1.54, 1.807) is 22.0 Å². The lowest BCUT2D eigenvalue weighted by Crippen LogP contribution is -2.40. The zero-order valence-electron chi connectivity index (χ0n) is 19.1. The van der Waals surface area contributed by atoms with E-state index in [9.17, 15) is 19.2 Å². The highest BCUT2D eigenvalue weighted by molar-refractivity contribution is 6.01. The summed E-state index contributed by atoms with van der Waals surface area (Å²) < 4.78 is 5.25. The Morgan fingerprint density at radius 2 is 1.68 bits per heavy atom. The number of H-pyrrole nitrogens is 1. The quantitative estimate of drug-likeness (QED) is 0.387. The molecule has 0 spiro atoms. The molecule has 178 valence electrons. The summed E-state index contributed by atoms with van der Waals surface area (Å²) in [7, 11) is 0. The van der Waals surface area contributed by atoms with Gasteiger partial charge in [0.25, 0.3) is 5.91 Å². The number of rotatable bonds is 7. The van der Waals surface area contributed by atoms with Gasteiger partial charge in [0.05, 0.1) is 5.92 Å². The topological polar surface area (TPSA) is 99.8 Å². The summed E-state index contributed by atoms with van der Waals surface area (Å²) >= 11 is 0. The number of piperidine rings is 1. The summed E-state index contributed by atoms with van der Waals surface area (Å²) in [5.74, 6) is -1.33. The predicted octanol–water partition coefficient (Wildman–Crippen LogP) is 2.93. The molecule has 3 heterocycles. The van der Waals surface area contributed by atoms with Gasteiger partial charge in [0.1, 0.15) is 5.69 Å². The maximum Gasteiger partial charge on any atom is 0.309 e. The summed E-state index contributed by atoms with van der Waals surface area (Å²) in [5, 5.41) is 0. The summed E-state index contributed by atoms with van der Waals surface area (Å²) in [5.41, 5.74) is 1.64. The van der Waals surface area contributed by atoms with Crippen molar-refractivity contribution in [1.29, 1.82) is 0 Å². The first kappa shape index (κ1) is 23.5. The average molecular weight is 464 g/mol. The molecule has 2 saturated heterocycles. The molecule has 0 radical (unpaired) electrons. The number of esters is 1. The van der Waals surface area contributed by atoms with Gasteiger partial charge in [-0.3, -0.25) is 19.2 Å². The first-order valence-corrected chi connectivity index (χ1v) is 11.7. The summed E-state index contributed by atoms with van der Waals surface area (Å²) in [4.78, 5) is 56.0. The SMILES string of the molecule is O=C(COC(=O)C1CCN(C(=O)/C=C/c2ccccc2)CC1)c1c[nH]c(C(=O)N2CCCC2)c1. The van der Waals surface area contributed by atoms with Crippen molar-refractivity contribution in [2.24, 2.45) is 5.92 Å². The Labute approximate surface area is 198 Å². The Morgan fingerprint density at radius 3 is 2.38 bits per heavy atom. The molecule has 2 aromatic rings. The molecule has 0 bridgehead atoms. The van der Waals surface area contributed by atoms with E-state index in [4.69, 9.17) is 4.74 Å². The molecule has 0 atom stereocenters. The molecule has 8 nitrogen and oxygen atoms in total. The van der Waals surface area contributed by atoms with E-state index in [1.165, 1.54) is 12.3 Å². The third kappa shape index (κ3) is 5.81. The van der Waals surface area contributed by atoms with Crippen LogP contribution in [0.4, 0.5) is 0 Å². The molecule has 0 aliphatic carbocycles. The fourth-order valence-electron chi connectivity index (χ4n) is 4.28. The van der Waals surface area contributed by atoms with Crippen molar-refractivity contribution in [1.82, 2.24) is 14.8 Å². The minimum atomic E-state index is -0.427. The number of carbonyl (C=O) groups excluding carboxylic acids is 4. The van der Waals surface area contributed by atoms with Gasteiger partial charge in [-0.2, -0.15) is 0 Å². The highest BCUT2D eigenvalue weighted by Gasteiger charge is 2.28. The number of hydrogen-bond donors (Lipinski definition) is 1. The molecule has 34 heavy (non-hydrogen) atoms. The number of carbonyl (C=O) groups is 4. The van der Waals surface area contributed by atoms with Crippen LogP contribution in [0.5, 0.6) is 0 Å². The van der Waals surface area contributed by atoms with Crippen molar-refractivity contribution in [3.05, 3.63) is 65.5 Å². The average Bonchev–Trinajstić information content (AvgIpc) is 3.59. The van der Waals surface area contributed by atoms with E-state index in [1.807, 2.05) is 30.3 Å². The van der Waals surface area contributed by atoms with Gasteiger partial charge in [-0.15, -0.1) is 0 Å². The van der Waals surface area contributed by atoms with Crippen LogP contribution in [0.1, 0.15) is 52.1 Å². The zero-order chi connectivity index (χ0) is 23.9. The van der Waals surface area contributed by atoms with Gasteiger partial charge >= 0.3 is 5.97 Å². The number of hydrogen-bond acceptors (Lipinski definition) is 5. The van der Waals surface area contributed by atoms with Crippen molar-refractivity contribution in [2.45, 2.75) is 25.7 Å². The second-order valence-electron chi connectivity index (χ2n) is 8.68. The van der Waals surface area contributed by atoms with Crippen molar-refractivity contribution in [3.8, 4) is 0 Å². The number of ketones is 1. The monoisotopic (exact) mass is 463 g/mol. The fraction of sp³-hybridized carbons (Fsp3) is 0.385. The number of amides is 2. The number of nitrogens with zero attached hydrogens (tertiary/aromatic N) is 2. The minimum absolute atomic E-state index is 0.0856. The lowest BCUT2D eigenvalue weighted by molar-refractivity contribution is -0.150. The Morgan fingerprint density at radius 1 is 0.971 bits per heavy atom. The largest absolute Gasteiger partial charge is 0.457 e. The van der Waals surface area contributed by atoms with E-state index in [-0.39, 0.29) is 30.1 Å². The molecule has 2 aliphatic rings. The molecule has 1 N–H and O–H groups in total. The van der Waals surface area contributed by atoms with Crippen LogP contribution in [0.2, 0.25) is 0 Å². The van der Waals surface area contributed by atoms with Gasteiger partial charge in [-0.05, 0) is 43.4 Å². The minimum Gasteiger partial charge on any atom is -0.457 e. The molecule has 2 amide bonds. The second kappa shape index (κ2) is 11.0. The van der Waals surface area contributed by atoms with Crippen molar-refractivity contribution in [3.63, 3.8) is 0 Å². The number of aromatic amines is 1. The maximum absolute atomic E-state index is 12.4. The summed E-state index contributed by atoms with van der Waals surface area (Å²) in [6.07, 6.45) is 7.78. The first-order valence-electron chi connectivity index (χ1n) is 11.7. The molecule has 2 fully saturated rings. The van der Waals surface area contributed by atoms with Gasteiger partial charge in [-0.25, -0.2) is 0 Å². The first-order chi connectivity index (χ1) is 16.5. The second-order valence-corrected chi connectivity index (χ2v) is 8.68. The standard InChI is InChI=1S/C26H29N3O5/c30-23(21-16-22(27-17-21)25(32)29-12-4-5-13-29)18-34-26(33)20-10-14-28(15-11-20)24(31)9-8-19-6-2-1-3-7-19/h1-3,6-9,16-17,20,27H,4-5,10-15,18H2/b9-8+. The highest BCUT2D eigenvalue weighted by Crippen LogP contribution is 2.20. The van der Waals surface area contributed by atoms with Crippen LogP contribution in [-0.4, -0.2) is 71.1 Å². The van der Waals surface area contributed by atoms with Crippen molar-refractivity contribution >= 4 is 29.6 Å². The smallest absolute Gasteiger partial charge is 0.309 e. The molecule has 8 heteroatoms. The van der Waals surface area contributed by atoms with Crippen LogP contribution < -0.4 is 0 Å². The molecule has 0 unspecified atom stereocenters. The van der Waals surface area contributed by atoms with Crippen molar-refractivity contribution < 1.29 is 23.9 Å². The van der Waals surface area contributed by atoms with Gasteiger partial charge in [0.15, 0.2) is 6.61 Å². The predicted molar refractivity (Wildman–Crippen MR) is 126 cm³/mol. The Kier molecular flexibility index (Phi) is 7.57. The molecule has 2 aliphatic heterocycles. The normalized spacial score (nSPS) is 16.7. The lowest BCUT2D eigenvalue weighted by Gasteiger charge is -2.30. The van der Waals surface area contributed by atoms with Crippen LogP contribution in [0.3, 0.4) is 0 Å². The Hall–Kier alpha value is -3.68. The van der Waals surface area contributed by atoms with Gasteiger partial charge in [0.2, 0.25) is 11.7 Å². The van der Waals surface area contributed by atoms with Crippen LogP contribution >= 0.6 is 0 Å². The summed E-state index contributed by atoms with van der Waals surface area (Å²) in [6.45, 7) is 2.02. The van der Waals surface area contributed by atoms with E-state index >= 15 is 0 Å². The van der Waals surface area contributed by atoms with Crippen LogP contribution in [0, 0.1) is 5.92 Å². The number of likely N-dealkylation sites (tertiary alicyclic amines) is 2. The van der Waals surface area contributed by atoms with E-state index in [2.05, 4.69) is 4.98 Å². The lowest BCUT2D eigenvalue weighted by atomic mass is 9.97. The summed E-state index contributed by atoms with van der Waals surface area (Å²) in [6, 6.07) is 11.1. The molecular weight excluding hydrogens is 434 g/mol. The fourth-order valence-corrected chi connectivity index (χ4v) is 4.28. The zero-order valence-corrected chi connectivity index (χ0v) is 19.1. The molecular formula is C26H29N3O5. The number of benzene rings is 1. The Balaban J connectivity index is 1.20. The van der Waals surface area contributed by atoms with Gasteiger partial charge < -0.3 is 19.5 Å². The van der Waals surface area contributed by atoms with Crippen LogP contribution in [0.25, 0.3) is 6.08 Å².